The van der Waals surface area contributed by atoms with E-state index in [9.17, 15) is 19.2 Å². The van der Waals surface area contributed by atoms with Crippen LogP contribution in [0, 0.1) is 17.1 Å². The van der Waals surface area contributed by atoms with E-state index in [1.54, 1.807) is 0 Å². The van der Waals surface area contributed by atoms with E-state index in [2.05, 4.69) is 0 Å². The third-order valence-electron chi connectivity index (χ3n) is 3.42. The standard InChI is InChI=1S/C18H13Cl2FN2O3/c1-10(24)23(13-4-5-16(21)15(20)8-13)17(9-22)14-7-12(19)3-6-18(14)26-11(2)25/h3-8,17H,1-2H3. The third-order valence-corrected chi connectivity index (χ3v) is 3.95. The van der Waals surface area contributed by atoms with Crippen molar-refractivity contribution in [2.24, 2.45) is 0 Å². The Hall–Kier alpha value is -2.62. The molecular formula is C18H13Cl2FN2O3. The minimum absolute atomic E-state index is 0.0907. The third kappa shape index (κ3) is 4.31. The number of nitrogens with zero attached hydrogens (tertiary/aromatic N) is 2. The van der Waals surface area contributed by atoms with Crippen LogP contribution in [0.2, 0.25) is 10.0 Å². The summed E-state index contributed by atoms with van der Waals surface area (Å²) < 4.78 is 18.6. The minimum Gasteiger partial charge on any atom is -0.426 e. The lowest BCUT2D eigenvalue weighted by Crippen LogP contribution is -2.32. The lowest BCUT2D eigenvalue weighted by Gasteiger charge is -2.27. The van der Waals surface area contributed by atoms with Gasteiger partial charge in [-0.2, -0.15) is 5.26 Å². The van der Waals surface area contributed by atoms with Crippen molar-refractivity contribution >= 4 is 40.8 Å². The van der Waals surface area contributed by atoms with Crippen LogP contribution in [-0.4, -0.2) is 11.9 Å². The molecule has 0 aliphatic carbocycles. The van der Waals surface area contributed by atoms with Crippen LogP contribution in [0.5, 0.6) is 5.75 Å². The maximum Gasteiger partial charge on any atom is 0.308 e. The first-order valence-corrected chi connectivity index (χ1v) is 8.12. The predicted octanol–water partition coefficient (Wildman–Crippen LogP) is 4.68. The number of esters is 1. The summed E-state index contributed by atoms with van der Waals surface area (Å²) in [7, 11) is 0. The molecular weight excluding hydrogens is 382 g/mol. The van der Waals surface area contributed by atoms with Crippen molar-refractivity contribution < 1.29 is 18.7 Å². The van der Waals surface area contributed by atoms with E-state index in [1.165, 1.54) is 44.2 Å². The maximum absolute atomic E-state index is 13.5. The zero-order chi connectivity index (χ0) is 19.4. The molecule has 5 nitrogen and oxygen atoms in total. The number of carbonyl (C=O) groups excluding carboxylic acids is 2. The molecule has 0 saturated heterocycles. The fourth-order valence-electron chi connectivity index (χ4n) is 2.39. The van der Waals surface area contributed by atoms with Crippen molar-refractivity contribution in [2.75, 3.05) is 4.90 Å². The summed E-state index contributed by atoms with van der Waals surface area (Å²) >= 11 is 11.8. The summed E-state index contributed by atoms with van der Waals surface area (Å²) in [5, 5.41) is 9.79. The lowest BCUT2D eigenvalue weighted by molar-refractivity contribution is -0.131. The van der Waals surface area contributed by atoms with Crippen LogP contribution in [0.3, 0.4) is 0 Å². The first-order chi connectivity index (χ1) is 12.2. The van der Waals surface area contributed by atoms with Gasteiger partial charge in [-0.05, 0) is 36.4 Å². The Labute approximate surface area is 159 Å². The average molecular weight is 395 g/mol. The van der Waals surface area contributed by atoms with Gasteiger partial charge in [0.25, 0.3) is 0 Å². The zero-order valence-electron chi connectivity index (χ0n) is 13.8. The highest BCUT2D eigenvalue weighted by atomic mass is 35.5. The van der Waals surface area contributed by atoms with Gasteiger partial charge in [0.2, 0.25) is 5.91 Å². The number of halogens is 3. The fraction of sp³-hybridized carbons (Fsp3) is 0.167. The Kier molecular flexibility index (Phi) is 6.19. The minimum atomic E-state index is -1.18. The Morgan fingerprint density at radius 1 is 1.19 bits per heavy atom. The molecule has 0 aliphatic heterocycles. The number of hydrogen-bond acceptors (Lipinski definition) is 4. The number of anilines is 1. The van der Waals surface area contributed by atoms with Crippen LogP contribution in [0.4, 0.5) is 10.1 Å². The van der Waals surface area contributed by atoms with Crippen LogP contribution in [0.25, 0.3) is 0 Å². The van der Waals surface area contributed by atoms with Crippen molar-refractivity contribution in [1.82, 2.24) is 0 Å². The van der Waals surface area contributed by atoms with E-state index in [0.717, 1.165) is 11.0 Å². The molecule has 1 unspecified atom stereocenters. The van der Waals surface area contributed by atoms with E-state index in [-0.39, 0.29) is 27.0 Å². The van der Waals surface area contributed by atoms with Gasteiger partial charge in [-0.25, -0.2) is 4.39 Å². The molecule has 0 spiro atoms. The molecule has 0 N–H and O–H groups in total. The van der Waals surface area contributed by atoms with E-state index in [4.69, 9.17) is 27.9 Å². The Bertz CT molecular complexity index is 912. The van der Waals surface area contributed by atoms with E-state index in [1.807, 2.05) is 6.07 Å². The highest BCUT2D eigenvalue weighted by Crippen LogP contribution is 2.35. The maximum atomic E-state index is 13.5. The van der Waals surface area contributed by atoms with Gasteiger partial charge in [0.15, 0.2) is 6.04 Å². The van der Waals surface area contributed by atoms with Gasteiger partial charge in [0, 0.05) is 30.1 Å². The SMILES string of the molecule is CC(=O)Oc1ccc(Cl)cc1C(C#N)N(C(C)=O)c1ccc(F)c(Cl)c1. The van der Waals surface area contributed by atoms with Crippen molar-refractivity contribution in [1.29, 1.82) is 5.26 Å². The molecule has 0 bridgehead atoms. The monoisotopic (exact) mass is 394 g/mol. The molecule has 1 atom stereocenters. The van der Waals surface area contributed by atoms with Crippen LogP contribution in [0.1, 0.15) is 25.5 Å². The topological polar surface area (TPSA) is 70.4 Å². The van der Waals surface area contributed by atoms with Crippen molar-refractivity contribution in [3.63, 3.8) is 0 Å². The molecule has 1 amide bonds. The molecule has 0 aliphatic rings. The summed E-state index contributed by atoms with van der Waals surface area (Å²) in [5.41, 5.74) is 0.426. The molecule has 2 aromatic carbocycles. The Balaban J connectivity index is 2.62. The van der Waals surface area contributed by atoms with Gasteiger partial charge >= 0.3 is 5.97 Å². The van der Waals surface area contributed by atoms with E-state index < -0.39 is 23.7 Å². The molecule has 134 valence electrons. The Morgan fingerprint density at radius 3 is 2.42 bits per heavy atom. The first kappa shape index (κ1) is 19.7. The van der Waals surface area contributed by atoms with Crippen molar-refractivity contribution in [3.05, 3.63) is 57.8 Å². The van der Waals surface area contributed by atoms with Gasteiger partial charge in [0.1, 0.15) is 11.6 Å². The highest BCUT2D eigenvalue weighted by molar-refractivity contribution is 6.31. The van der Waals surface area contributed by atoms with Crippen molar-refractivity contribution in [3.8, 4) is 11.8 Å². The van der Waals surface area contributed by atoms with Crippen molar-refractivity contribution in [2.45, 2.75) is 19.9 Å². The average Bonchev–Trinajstić information content (AvgIpc) is 2.56. The first-order valence-electron chi connectivity index (χ1n) is 7.37. The van der Waals surface area contributed by atoms with Crippen LogP contribution in [-0.2, 0) is 9.59 Å². The number of hydrogen-bond donors (Lipinski definition) is 0. The number of benzene rings is 2. The molecule has 0 aromatic heterocycles. The molecule has 0 fully saturated rings. The smallest absolute Gasteiger partial charge is 0.308 e. The normalized spacial score (nSPS) is 11.4. The molecule has 8 heteroatoms. The van der Waals surface area contributed by atoms with Crippen LogP contribution >= 0.6 is 23.2 Å². The van der Waals surface area contributed by atoms with Crippen LogP contribution in [0.15, 0.2) is 36.4 Å². The molecule has 2 aromatic rings. The van der Waals surface area contributed by atoms with Gasteiger partial charge in [-0.1, -0.05) is 23.2 Å². The number of carbonyl (C=O) groups is 2. The summed E-state index contributed by atoms with van der Waals surface area (Å²) in [4.78, 5) is 24.7. The summed E-state index contributed by atoms with van der Waals surface area (Å²) in [6.45, 7) is 2.46. The zero-order valence-corrected chi connectivity index (χ0v) is 15.3. The Morgan fingerprint density at radius 2 is 1.88 bits per heavy atom. The van der Waals surface area contributed by atoms with Gasteiger partial charge in [-0.3, -0.25) is 14.5 Å². The largest absolute Gasteiger partial charge is 0.426 e. The van der Waals surface area contributed by atoms with Gasteiger partial charge in [-0.15, -0.1) is 0 Å². The number of nitriles is 1. The van der Waals surface area contributed by atoms with Crippen LogP contribution < -0.4 is 9.64 Å². The molecule has 2 rings (SSSR count). The second-order valence-electron chi connectivity index (χ2n) is 5.29. The quantitative estimate of drug-likeness (QED) is 0.557. The summed E-state index contributed by atoms with van der Waals surface area (Å²) in [6.07, 6.45) is 0. The van der Waals surface area contributed by atoms with E-state index in [0.29, 0.717) is 0 Å². The number of amides is 1. The summed E-state index contributed by atoms with van der Waals surface area (Å²) in [5.74, 6) is -1.65. The molecule has 26 heavy (non-hydrogen) atoms. The van der Waals surface area contributed by atoms with E-state index >= 15 is 0 Å². The molecule has 0 saturated carbocycles. The fourth-order valence-corrected chi connectivity index (χ4v) is 2.75. The lowest BCUT2D eigenvalue weighted by atomic mass is 10.0. The molecule has 0 heterocycles. The highest BCUT2D eigenvalue weighted by Gasteiger charge is 2.28. The second kappa shape index (κ2) is 8.17. The van der Waals surface area contributed by atoms with Gasteiger partial charge in [0.05, 0.1) is 11.1 Å². The summed E-state index contributed by atoms with van der Waals surface area (Å²) in [6, 6.07) is 8.81. The number of ether oxygens (including phenoxy) is 1. The number of rotatable bonds is 4. The van der Waals surface area contributed by atoms with Gasteiger partial charge < -0.3 is 4.74 Å². The second-order valence-corrected chi connectivity index (χ2v) is 6.14. The molecule has 0 radical (unpaired) electrons. The predicted molar refractivity (Wildman–Crippen MR) is 95.7 cm³/mol.